The summed E-state index contributed by atoms with van der Waals surface area (Å²) in [6.07, 6.45) is 0. The van der Waals surface area contributed by atoms with E-state index in [0.29, 0.717) is 5.17 Å². The highest BCUT2D eigenvalue weighted by Crippen LogP contribution is 2.33. The summed E-state index contributed by atoms with van der Waals surface area (Å²) in [5, 5.41) is 0.482. The Hall–Kier alpha value is -1.09. The van der Waals surface area contributed by atoms with Crippen molar-refractivity contribution in [1.29, 1.82) is 0 Å². The number of hydrogen-bond acceptors (Lipinski definition) is 2. The average molecular weight is 293 g/mol. The highest BCUT2D eigenvalue weighted by atomic mass is 32.1. The van der Waals surface area contributed by atoms with Gasteiger partial charge in [-0.05, 0) is 46.3 Å². The van der Waals surface area contributed by atoms with E-state index in [-0.39, 0.29) is 10.8 Å². The van der Waals surface area contributed by atoms with E-state index < -0.39 is 0 Å². The monoisotopic (exact) mass is 293 g/mol. The fourth-order valence-electron chi connectivity index (χ4n) is 1.72. The first-order valence-electron chi connectivity index (χ1n) is 6.96. The van der Waals surface area contributed by atoms with Crippen LogP contribution in [0.3, 0.4) is 0 Å². The van der Waals surface area contributed by atoms with Crippen LogP contribution < -0.4 is 4.74 Å². The van der Waals surface area contributed by atoms with Crippen molar-refractivity contribution in [1.82, 2.24) is 4.90 Å². The molecular formula is C17H27NOS. The van der Waals surface area contributed by atoms with Crippen molar-refractivity contribution in [3.05, 3.63) is 29.3 Å². The average Bonchev–Trinajstić information content (AvgIpc) is 2.26. The lowest BCUT2D eigenvalue weighted by Gasteiger charge is -2.26. The van der Waals surface area contributed by atoms with Crippen LogP contribution in [0, 0.1) is 0 Å². The van der Waals surface area contributed by atoms with Gasteiger partial charge in [0.25, 0.3) is 5.17 Å². The molecule has 0 amide bonds. The van der Waals surface area contributed by atoms with E-state index in [9.17, 15) is 0 Å². The number of thiocarbonyl (C=S) groups is 1. The first-order chi connectivity index (χ1) is 8.91. The SMILES string of the molecule is CN(C)C(=S)Oc1cc(C(C)(C)C)cc(C(C)(C)C)c1. The molecule has 0 unspecified atom stereocenters. The number of ether oxygens (including phenoxy) is 1. The summed E-state index contributed by atoms with van der Waals surface area (Å²) in [5.41, 5.74) is 2.70. The molecule has 0 fully saturated rings. The van der Waals surface area contributed by atoms with Gasteiger partial charge in [-0.15, -0.1) is 0 Å². The van der Waals surface area contributed by atoms with Crippen LogP contribution in [0.4, 0.5) is 0 Å². The highest BCUT2D eigenvalue weighted by molar-refractivity contribution is 7.80. The molecule has 0 saturated carbocycles. The third-order valence-electron chi connectivity index (χ3n) is 3.21. The molecule has 0 aliphatic carbocycles. The van der Waals surface area contributed by atoms with Crippen LogP contribution in [0.25, 0.3) is 0 Å². The van der Waals surface area contributed by atoms with E-state index in [2.05, 4.69) is 59.7 Å². The molecule has 0 spiro atoms. The van der Waals surface area contributed by atoms with Crippen molar-refractivity contribution < 1.29 is 4.74 Å². The van der Waals surface area contributed by atoms with Gasteiger partial charge in [0.15, 0.2) is 0 Å². The molecule has 0 atom stereocenters. The lowest BCUT2D eigenvalue weighted by Crippen LogP contribution is -2.25. The molecule has 0 N–H and O–H groups in total. The maximum absolute atomic E-state index is 5.80. The smallest absolute Gasteiger partial charge is 0.264 e. The molecule has 1 aromatic rings. The van der Waals surface area contributed by atoms with Crippen LogP contribution in [0.1, 0.15) is 52.7 Å². The Labute approximate surface area is 129 Å². The zero-order chi connectivity index (χ0) is 15.7. The fourth-order valence-corrected chi connectivity index (χ4v) is 1.81. The maximum Gasteiger partial charge on any atom is 0.264 e. The van der Waals surface area contributed by atoms with Crippen LogP contribution in [0.5, 0.6) is 5.75 Å². The van der Waals surface area contributed by atoms with Crippen molar-refractivity contribution in [2.75, 3.05) is 14.1 Å². The van der Waals surface area contributed by atoms with E-state index in [4.69, 9.17) is 17.0 Å². The normalized spacial score (nSPS) is 12.2. The summed E-state index contributed by atoms with van der Waals surface area (Å²) < 4.78 is 5.80. The molecule has 0 aliphatic rings. The second-order valence-electron chi connectivity index (χ2n) is 7.51. The molecule has 0 saturated heterocycles. The van der Waals surface area contributed by atoms with Crippen molar-refractivity contribution in [3.8, 4) is 5.75 Å². The number of rotatable bonds is 1. The van der Waals surface area contributed by atoms with Crippen LogP contribution in [-0.2, 0) is 10.8 Å². The van der Waals surface area contributed by atoms with Crippen molar-refractivity contribution >= 4 is 17.4 Å². The summed E-state index contributed by atoms with van der Waals surface area (Å²) >= 11 is 5.24. The Balaban J connectivity index is 3.28. The van der Waals surface area contributed by atoms with Gasteiger partial charge in [0.1, 0.15) is 5.75 Å². The molecule has 1 aromatic carbocycles. The molecule has 0 radical (unpaired) electrons. The molecule has 0 aliphatic heterocycles. The van der Waals surface area contributed by atoms with E-state index in [1.165, 1.54) is 11.1 Å². The van der Waals surface area contributed by atoms with Gasteiger partial charge in [-0.25, -0.2) is 0 Å². The van der Waals surface area contributed by atoms with Crippen LogP contribution in [0.2, 0.25) is 0 Å². The molecule has 0 heterocycles. The molecule has 3 heteroatoms. The van der Waals surface area contributed by atoms with Gasteiger partial charge in [-0.3, -0.25) is 0 Å². The van der Waals surface area contributed by atoms with Gasteiger partial charge in [-0.2, -0.15) is 0 Å². The lowest BCUT2D eigenvalue weighted by molar-refractivity contribution is 0.445. The predicted octanol–water partition coefficient (Wildman–Crippen LogP) is 4.51. The van der Waals surface area contributed by atoms with Gasteiger partial charge in [-0.1, -0.05) is 47.6 Å². The van der Waals surface area contributed by atoms with E-state index in [0.717, 1.165) is 5.75 Å². The summed E-state index contributed by atoms with van der Waals surface area (Å²) in [6.45, 7) is 13.3. The van der Waals surface area contributed by atoms with Crippen molar-refractivity contribution in [3.63, 3.8) is 0 Å². The quantitative estimate of drug-likeness (QED) is 0.707. The summed E-state index contributed by atoms with van der Waals surface area (Å²) in [4.78, 5) is 1.80. The van der Waals surface area contributed by atoms with E-state index in [1.54, 1.807) is 4.90 Å². The minimum Gasteiger partial charge on any atom is -0.432 e. The van der Waals surface area contributed by atoms with E-state index >= 15 is 0 Å². The predicted molar refractivity (Wildman–Crippen MR) is 90.8 cm³/mol. The third-order valence-corrected chi connectivity index (χ3v) is 3.66. The first-order valence-corrected chi connectivity index (χ1v) is 7.37. The topological polar surface area (TPSA) is 12.5 Å². The second-order valence-corrected chi connectivity index (χ2v) is 7.86. The lowest BCUT2D eigenvalue weighted by atomic mass is 9.80. The zero-order valence-electron chi connectivity index (χ0n) is 14.0. The van der Waals surface area contributed by atoms with Crippen LogP contribution in [0.15, 0.2) is 18.2 Å². The summed E-state index contributed by atoms with van der Waals surface area (Å²) in [7, 11) is 3.78. The Morgan fingerprint density at radius 2 is 1.30 bits per heavy atom. The van der Waals surface area contributed by atoms with Gasteiger partial charge in [0, 0.05) is 14.1 Å². The fraction of sp³-hybridized carbons (Fsp3) is 0.588. The highest BCUT2D eigenvalue weighted by Gasteiger charge is 2.21. The largest absolute Gasteiger partial charge is 0.432 e. The maximum atomic E-state index is 5.80. The minimum absolute atomic E-state index is 0.0824. The van der Waals surface area contributed by atoms with Crippen molar-refractivity contribution in [2.24, 2.45) is 0 Å². The minimum atomic E-state index is 0.0824. The van der Waals surface area contributed by atoms with Crippen molar-refractivity contribution in [2.45, 2.75) is 52.4 Å². The molecule has 2 nitrogen and oxygen atoms in total. The number of nitrogens with zero attached hydrogens (tertiary/aromatic N) is 1. The van der Waals surface area contributed by atoms with Gasteiger partial charge in [0.05, 0.1) is 0 Å². The third kappa shape index (κ3) is 4.48. The Morgan fingerprint density at radius 1 is 0.900 bits per heavy atom. The number of benzene rings is 1. The molecule has 0 bridgehead atoms. The zero-order valence-corrected chi connectivity index (χ0v) is 14.8. The summed E-state index contributed by atoms with van der Waals surface area (Å²) in [5.74, 6) is 0.820. The van der Waals surface area contributed by atoms with Gasteiger partial charge < -0.3 is 9.64 Å². The second kappa shape index (κ2) is 5.72. The van der Waals surface area contributed by atoms with Gasteiger partial charge >= 0.3 is 0 Å². The summed E-state index contributed by atoms with van der Waals surface area (Å²) in [6, 6.07) is 6.45. The first kappa shape index (κ1) is 17.0. The molecule has 0 aromatic heterocycles. The molecular weight excluding hydrogens is 266 g/mol. The van der Waals surface area contributed by atoms with Crippen LogP contribution >= 0.6 is 12.2 Å². The Morgan fingerprint density at radius 3 is 1.60 bits per heavy atom. The Bertz CT molecular complexity index is 460. The molecule has 20 heavy (non-hydrogen) atoms. The van der Waals surface area contributed by atoms with Gasteiger partial charge in [0.2, 0.25) is 0 Å². The standard InChI is InChI=1S/C17H27NOS/c1-16(2,3)12-9-13(17(4,5)6)11-14(10-12)19-15(20)18(7)8/h9-11H,1-8H3. The molecule has 112 valence electrons. The molecule has 1 rings (SSSR count). The van der Waals surface area contributed by atoms with E-state index in [1.807, 2.05) is 14.1 Å². The van der Waals surface area contributed by atoms with Crippen LogP contribution in [-0.4, -0.2) is 24.2 Å². The number of hydrogen-bond donors (Lipinski definition) is 0. The Kier molecular flexibility index (Phi) is 4.86.